The van der Waals surface area contributed by atoms with Gasteiger partial charge in [-0.1, -0.05) is 35.4 Å². The molecule has 0 aliphatic heterocycles. The van der Waals surface area contributed by atoms with Crippen LogP contribution < -0.4 is 5.32 Å². The van der Waals surface area contributed by atoms with Gasteiger partial charge in [0.25, 0.3) is 0 Å². The van der Waals surface area contributed by atoms with E-state index >= 15 is 0 Å². The van der Waals surface area contributed by atoms with Crippen LogP contribution in [0, 0.1) is 0 Å². The van der Waals surface area contributed by atoms with Gasteiger partial charge in [-0.15, -0.1) is 0 Å². The second kappa shape index (κ2) is 6.33. The average molecular weight is 292 g/mol. The van der Waals surface area contributed by atoms with Gasteiger partial charge in [0.1, 0.15) is 0 Å². The van der Waals surface area contributed by atoms with E-state index in [0.29, 0.717) is 19.4 Å². The molecule has 1 aliphatic carbocycles. The smallest absolute Gasteiger partial charge is 0.224 e. The summed E-state index contributed by atoms with van der Waals surface area (Å²) in [6, 6.07) is 14.4. The molecule has 0 radical (unpaired) electrons. The molecule has 3 rings (SSSR count). The lowest BCUT2D eigenvalue weighted by Gasteiger charge is -2.07. The number of rotatable bonds is 5. The second-order valence-corrected chi connectivity index (χ2v) is 5.31. The second-order valence-electron chi connectivity index (χ2n) is 5.31. The monoisotopic (exact) mass is 292 g/mol. The van der Waals surface area contributed by atoms with E-state index in [1.165, 1.54) is 22.3 Å². The molecule has 0 saturated carbocycles. The Balaban J connectivity index is 1.67. The number of fused-ring (bicyclic) bond motifs is 3. The Kier molecular flexibility index (Phi) is 4.08. The van der Waals surface area contributed by atoms with Gasteiger partial charge >= 0.3 is 0 Å². The van der Waals surface area contributed by atoms with Gasteiger partial charge in [0.05, 0.1) is 0 Å². The summed E-state index contributed by atoms with van der Waals surface area (Å²) in [6.45, 7) is 0.351. The summed E-state index contributed by atoms with van der Waals surface area (Å²) in [6.07, 6.45) is 1.83. The van der Waals surface area contributed by atoms with Gasteiger partial charge in [-0.25, -0.2) is 0 Å². The minimum absolute atomic E-state index is 0.0522. The number of amides is 1. The van der Waals surface area contributed by atoms with Crippen molar-refractivity contribution in [1.29, 1.82) is 0 Å². The molecule has 0 fully saturated rings. The van der Waals surface area contributed by atoms with Crippen LogP contribution in [0.4, 0.5) is 5.69 Å². The highest BCUT2D eigenvalue weighted by molar-refractivity contribution is 5.91. The topological polar surface area (TPSA) is 77.9 Å². The van der Waals surface area contributed by atoms with Crippen molar-refractivity contribution < 1.29 is 4.79 Å². The van der Waals surface area contributed by atoms with Crippen LogP contribution in [0.1, 0.15) is 24.0 Å². The molecule has 110 valence electrons. The van der Waals surface area contributed by atoms with Crippen LogP contribution in [-0.4, -0.2) is 12.5 Å². The van der Waals surface area contributed by atoms with Crippen molar-refractivity contribution in [2.45, 2.75) is 19.3 Å². The third-order valence-corrected chi connectivity index (χ3v) is 3.80. The van der Waals surface area contributed by atoms with Crippen molar-refractivity contribution in [2.75, 3.05) is 11.9 Å². The fourth-order valence-corrected chi connectivity index (χ4v) is 2.80. The number of hydrogen-bond acceptors (Lipinski definition) is 2. The van der Waals surface area contributed by atoms with Gasteiger partial charge in [-0.3, -0.25) is 4.79 Å². The predicted octanol–water partition coefficient (Wildman–Crippen LogP) is 4.29. The van der Waals surface area contributed by atoms with E-state index in [1.54, 1.807) is 0 Å². The molecule has 5 heteroatoms. The molecule has 2 aromatic rings. The van der Waals surface area contributed by atoms with Crippen LogP contribution in [0.15, 0.2) is 47.6 Å². The van der Waals surface area contributed by atoms with Crippen LogP contribution in [0.5, 0.6) is 0 Å². The normalized spacial score (nSPS) is 11.3. The Morgan fingerprint density at radius 3 is 2.86 bits per heavy atom. The maximum absolute atomic E-state index is 11.8. The number of benzene rings is 2. The molecule has 1 amide bonds. The van der Waals surface area contributed by atoms with Crippen molar-refractivity contribution in [1.82, 2.24) is 0 Å². The largest absolute Gasteiger partial charge is 0.326 e. The molecular formula is C17H16N4O. The number of azide groups is 1. The molecule has 0 aromatic heterocycles. The van der Waals surface area contributed by atoms with Crippen LogP contribution in [-0.2, 0) is 11.2 Å². The van der Waals surface area contributed by atoms with Crippen molar-refractivity contribution in [3.8, 4) is 11.1 Å². The molecule has 0 unspecified atom stereocenters. The van der Waals surface area contributed by atoms with Gasteiger partial charge in [0.15, 0.2) is 0 Å². The Morgan fingerprint density at radius 2 is 2.00 bits per heavy atom. The number of hydrogen-bond donors (Lipinski definition) is 1. The van der Waals surface area contributed by atoms with Gasteiger partial charge < -0.3 is 5.32 Å². The number of nitrogens with one attached hydrogen (secondary N) is 1. The summed E-state index contributed by atoms with van der Waals surface area (Å²) < 4.78 is 0. The third-order valence-electron chi connectivity index (χ3n) is 3.80. The molecule has 5 nitrogen and oxygen atoms in total. The van der Waals surface area contributed by atoms with E-state index in [9.17, 15) is 4.79 Å². The van der Waals surface area contributed by atoms with E-state index in [1.807, 2.05) is 18.2 Å². The molecule has 0 atom stereocenters. The van der Waals surface area contributed by atoms with E-state index in [4.69, 9.17) is 5.53 Å². The highest BCUT2D eigenvalue weighted by Gasteiger charge is 2.18. The molecule has 0 heterocycles. The maximum Gasteiger partial charge on any atom is 0.224 e. The van der Waals surface area contributed by atoms with Crippen LogP contribution in [0.25, 0.3) is 21.6 Å². The molecule has 0 bridgehead atoms. The SMILES string of the molecule is [N-]=[N+]=NCCCC(=O)Nc1ccc2c(c1)Cc1ccccc1-2. The molecule has 1 aliphatic rings. The lowest BCUT2D eigenvalue weighted by Crippen LogP contribution is -2.11. The van der Waals surface area contributed by atoms with Gasteiger partial charge in [0.2, 0.25) is 5.91 Å². The molecule has 22 heavy (non-hydrogen) atoms. The Labute approximate surface area is 128 Å². The van der Waals surface area contributed by atoms with Gasteiger partial charge in [0, 0.05) is 23.6 Å². The number of carbonyl (C=O) groups is 1. The fraction of sp³-hybridized carbons (Fsp3) is 0.235. The molecule has 0 spiro atoms. The molecular weight excluding hydrogens is 276 g/mol. The van der Waals surface area contributed by atoms with Crippen molar-refractivity contribution >= 4 is 11.6 Å². The van der Waals surface area contributed by atoms with E-state index in [-0.39, 0.29) is 5.91 Å². The summed E-state index contributed by atoms with van der Waals surface area (Å²) in [4.78, 5) is 14.5. The van der Waals surface area contributed by atoms with Crippen LogP contribution in [0.2, 0.25) is 0 Å². The van der Waals surface area contributed by atoms with E-state index in [0.717, 1.165) is 12.1 Å². The summed E-state index contributed by atoms with van der Waals surface area (Å²) >= 11 is 0. The van der Waals surface area contributed by atoms with Gasteiger partial charge in [-0.05, 0) is 52.8 Å². The van der Waals surface area contributed by atoms with E-state index in [2.05, 4.69) is 39.6 Å². The van der Waals surface area contributed by atoms with Crippen LogP contribution >= 0.6 is 0 Å². The number of carbonyl (C=O) groups excluding carboxylic acids is 1. The zero-order valence-corrected chi connectivity index (χ0v) is 12.1. The predicted molar refractivity (Wildman–Crippen MR) is 86.6 cm³/mol. The maximum atomic E-state index is 11.8. The average Bonchev–Trinajstić information content (AvgIpc) is 2.89. The first-order valence-electron chi connectivity index (χ1n) is 7.30. The zero-order chi connectivity index (χ0) is 15.4. The first-order chi connectivity index (χ1) is 10.8. The highest BCUT2D eigenvalue weighted by Crippen LogP contribution is 2.37. The van der Waals surface area contributed by atoms with Crippen molar-refractivity contribution in [3.63, 3.8) is 0 Å². The Bertz CT molecular complexity index is 763. The lowest BCUT2D eigenvalue weighted by atomic mass is 10.1. The Hall–Kier alpha value is -2.78. The summed E-state index contributed by atoms with van der Waals surface area (Å²) in [5, 5.41) is 6.32. The first kappa shape index (κ1) is 14.2. The summed E-state index contributed by atoms with van der Waals surface area (Å²) in [7, 11) is 0. The highest BCUT2D eigenvalue weighted by atomic mass is 16.1. The standard InChI is InChI=1S/C17H16N4O/c18-21-19-9-3-6-17(22)20-14-7-8-16-13(11-14)10-12-4-1-2-5-15(12)16/h1-2,4-5,7-8,11H,3,6,9-10H2,(H,20,22). The number of nitrogens with zero attached hydrogens (tertiary/aromatic N) is 3. The summed E-state index contributed by atoms with van der Waals surface area (Å²) in [5.74, 6) is -0.0522. The molecule has 2 aromatic carbocycles. The molecule has 0 saturated heterocycles. The van der Waals surface area contributed by atoms with Crippen molar-refractivity contribution in [3.05, 3.63) is 64.0 Å². The minimum Gasteiger partial charge on any atom is -0.326 e. The fourth-order valence-electron chi connectivity index (χ4n) is 2.80. The first-order valence-corrected chi connectivity index (χ1v) is 7.30. The minimum atomic E-state index is -0.0522. The third kappa shape index (κ3) is 2.95. The molecule has 1 N–H and O–H groups in total. The van der Waals surface area contributed by atoms with Gasteiger partial charge in [-0.2, -0.15) is 0 Å². The Morgan fingerprint density at radius 1 is 1.18 bits per heavy atom. The summed E-state index contributed by atoms with van der Waals surface area (Å²) in [5.41, 5.74) is 14.1. The van der Waals surface area contributed by atoms with Crippen LogP contribution in [0.3, 0.4) is 0 Å². The number of anilines is 1. The van der Waals surface area contributed by atoms with Crippen molar-refractivity contribution in [2.24, 2.45) is 5.11 Å². The quantitative estimate of drug-likeness (QED) is 0.324. The van der Waals surface area contributed by atoms with E-state index < -0.39 is 0 Å². The zero-order valence-electron chi connectivity index (χ0n) is 12.1. The lowest BCUT2D eigenvalue weighted by molar-refractivity contribution is -0.116.